The van der Waals surface area contributed by atoms with E-state index in [9.17, 15) is 38.4 Å². The first-order valence-corrected chi connectivity index (χ1v) is 15.5. The van der Waals surface area contributed by atoms with E-state index in [2.05, 4.69) is 60.5 Å². The lowest BCUT2D eigenvalue weighted by molar-refractivity contribution is -0.143. The van der Waals surface area contributed by atoms with E-state index in [-0.39, 0.29) is 58.0 Å². The van der Waals surface area contributed by atoms with Gasteiger partial charge in [0.05, 0.1) is 38.9 Å². The molecule has 17 nitrogen and oxygen atoms in total. The van der Waals surface area contributed by atoms with Crippen LogP contribution in [-0.2, 0) is 57.3 Å². The van der Waals surface area contributed by atoms with Gasteiger partial charge < -0.3 is 35.1 Å². The van der Waals surface area contributed by atoms with E-state index >= 15 is 0 Å². The Bertz CT molecular complexity index is 1390. The van der Waals surface area contributed by atoms with E-state index in [0.717, 1.165) is 24.3 Å². The third-order valence-electron chi connectivity index (χ3n) is 4.51. The summed E-state index contributed by atoms with van der Waals surface area (Å²) in [5, 5.41) is 9.61. The number of nitrogen functional groups attached to an aromatic ring is 1. The summed E-state index contributed by atoms with van der Waals surface area (Å²) in [4.78, 5) is 90.5. The van der Waals surface area contributed by atoms with Gasteiger partial charge in [-0.15, -0.1) is 0 Å². The maximum Gasteiger partial charge on any atom is 0.330 e. The molecule has 0 aliphatic carbocycles. The molecule has 0 aromatic carbocycles. The average Bonchev–Trinajstić information content (AvgIpc) is 3.12. The van der Waals surface area contributed by atoms with Crippen LogP contribution < -0.4 is 11.1 Å². The van der Waals surface area contributed by atoms with Gasteiger partial charge in [0.25, 0.3) is 0 Å². The molecule has 2 rings (SSSR count). The number of hydrogen-bond donors (Lipinski definition) is 3. The Labute approximate surface area is 315 Å². The summed E-state index contributed by atoms with van der Waals surface area (Å²) < 4.78 is 17.9. The Kier molecular flexibility index (Phi) is 34.4. The van der Waals surface area contributed by atoms with Gasteiger partial charge in [-0.2, -0.15) is 0 Å². The first-order chi connectivity index (χ1) is 25.1. The average molecular weight is 784 g/mol. The van der Waals surface area contributed by atoms with Crippen molar-refractivity contribution in [2.45, 2.75) is 25.7 Å². The first kappa shape index (κ1) is 51.2. The van der Waals surface area contributed by atoms with Crippen molar-refractivity contribution in [2.75, 3.05) is 37.5 Å². The SMILES string of the molecule is C=CC(=O)OCCC(=O)Cl.C=CC(=O)OCCC(=O)Cl.C=CC(=O)OCCC(=O)Nc1ccccn1.C=CC(=O)OCCC(=O)O.Nc1ccccn1. The molecule has 2 heterocycles. The second kappa shape index (κ2) is 35.6. The van der Waals surface area contributed by atoms with Gasteiger partial charge >= 0.3 is 29.8 Å². The number of nitrogens with zero attached hydrogens (tertiary/aromatic N) is 2. The number of aromatic nitrogens is 2. The van der Waals surface area contributed by atoms with E-state index in [1.54, 1.807) is 36.7 Å². The van der Waals surface area contributed by atoms with Gasteiger partial charge in [-0.25, -0.2) is 29.1 Å². The quantitative estimate of drug-likeness (QED) is 0.0893. The van der Waals surface area contributed by atoms with Crippen molar-refractivity contribution in [2.24, 2.45) is 0 Å². The van der Waals surface area contributed by atoms with Crippen LogP contribution in [0.5, 0.6) is 0 Å². The molecule has 2 aromatic heterocycles. The summed E-state index contributed by atoms with van der Waals surface area (Å²) in [5.41, 5.74) is 5.25. The summed E-state index contributed by atoms with van der Waals surface area (Å²) in [7, 11) is 0. The fourth-order valence-electron chi connectivity index (χ4n) is 2.20. The number of anilines is 2. The fraction of sp³-hybridized carbons (Fsp3) is 0.235. The maximum absolute atomic E-state index is 11.3. The van der Waals surface area contributed by atoms with E-state index in [0.29, 0.717) is 11.6 Å². The largest absolute Gasteiger partial charge is 0.481 e. The molecule has 53 heavy (non-hydrogen) atoms. The molecule has 0 spiro atoms. The highest BCUT2D eigenvalue weighted by Crippen LogP contribution is 2.00. The second-order valence-electron chi connectivity index (χ2n) is 8.61. The Morgan fingerprint density at radius 3 is 1.28 bits per heavy atom. The minimum absolute atomic E-state index is 0.0210. The standard InChI is InChI=1S/C11H12N2O3.2C6H7ClO3.C6H8O4.C5H6N2/c1-2-11(15)16-8-6-10(14)13-9-5-3-4-7-12-9;3*1-2-6(9)10-4-3-5(7)8;6-5-3-1-2-4-7-5/h2-5,7H,1,6,8H2,(H,12,13,14);2*2H,1,3-4H2;2H,1,3-4H2,(H,7,8);1-4H,(H2,6,7). The molecule has 2 aromatic rings. The summed E-state index contributed by atoms with van der Waals surface area (Å²) in [6, 6.07) is 10.6. The van der Waals surface area contributed by atoms with Gasteiger partial charge in [0, 0.05) is 36.7 Å². The molecule has 0 radical (unpaired) electrons. The van der Waals surface area contributed by atoms with Crippen molar-refractivity contribution < 1.29 is 62.4 Å². The first-order valence-electron chi connectivity index (χ1n) is 14.7. The molecule has 0 bridgehead atoms. The molecule has 0 aliphatic heterocycles. The van der Waals surface area contributed by atoms with Gasteiger partial charge in [0.2, 0.25) is 16.4 Å². The number of nitrogens with one attached hydrogen (secondary N) is 1. The third-order valence-corrected chi connectivity index (χ3v) is 4.88. The number of carbonyl (C=O) groups is 8. The minimum atomic E-state index is -0.989. The van der Waals surface area contributed by atoms with Crippen LogP contribution in [0.25, 0.3) is 0 Å². The lowest BCUT2D eigenvalue weighted by Gasteiger charge is -2.03. The molecular weight excluding hydrogens is 743 g/mol. The van der Waals surface area contributed by atoms with E-state index in [4.69, 9.17) is 34.0 Å². The second-order valence-corrected chi connectivity index (χ2v) is 9.45. The Hall–Kier alpha value is -6.20. The lowest BCUT2D eigenvalue weighted by atomic mass is 10.4. The van der Waals surface area contributed by atoms with Crippen molar-refractivity contribution in [1.82, 2.24) is 9.97 Å². The van der Waals surface area contributed by atoms with Crippen LogP contribution in [0.3, 0.4) is 0 Å². The van der Waals surface area contributed by atoms with Crippen LogP contribution in [0.1, 0.15) is 25.7 Å². The van der Waals surface area contributed by atoms with Crippen molar-refractivity contribution >= 4 is 81.1 Å². The van der Waals surface area contributed by atoms with Gasteiger partial charge in [-0.3, -0.25) is 19.2 Å². The number of rotatable bonds is 17. The van der Waals surface area contributed by atoms with Gasteiger partial charge in [-0.1, -0.05) is 38.4 Å². The number of carboxylic acid groups (broad SMARTS) is 1. The topological polar surface area (TPSA) is 258 Å². The number of carbonyl (C=O) groups excluding carboxylic acids is 7. The zero-order valence-electron chi connectivity index (χ0n) is 28.5. The monoisotopic (exact) mass is 782 g/mol. The molecule has 0 saturated carbocycles. The Morgan fingerprint density at radius 1 is 0.623 bits per heavy atom. The number of aliphatic carboxylic acids is 1. The fourth-order valence-corrected chi connectivity index (χ4v) is 2.36. The van der Waals surface area contributed by atoms with Gasteiger partial charge in [0.1, 0.15) is 24.8 Å². The molecule has 0 saturated heterocycles. The molecule has 0 aliphatic rings. The Morgan fingerprint density at radius 2 is 1.00 bits per heavy atom. The molecule has 4 N–H and O–H groups in total. The van der Waals surface area contributed by atoms with Crippen molar-refractivity contribution in [3.05, 3.63) is 99.4 Å². The van der Waals surface area contributed by atoms with Crippen LogP contribution >= 0.6 is 23.2 Å². The van der Waals surface area contributed by atoms with Crippen molar-refractivity contribution in [3.8, 4) is 0 Å². The lowest BCUT2D eigenvalue weighted by Crippen LogP contribution is -2.15. The Balaban J connectivity index is -0.000000606. The van der Waals surface area contributed by atoms with Crippen molar-refractivity contribution in [1.29, 1.82) is 0 Å². The number of ether oxygens (including phenoxy) is 4. The number of esters is 4. The molecule has 1 amide bonds. The molecule has 0 atom stereocenters. The maximum atomic E-state index is 11.3. The minimum Gasteiger partial charge on any atom is -0.481 e. The van der Waals surface area contributed by atoms with Gasteiger partial charge in [-0.05, 0) is 47.5 Å². The number of nitrogens with two attached hydrogens (primary N) is 1. The number of amides is 1. The van der Waals surface area contributed by atoms with Crippen LogP contribution in [-0.4, -0.2) is 87.7 Å². The summed E-state index contributed by atoms with van der Waals surface area (Å²) in [6.07, 6.45) is 7.34. The number of hydrogen-bond acceptors (Lipinski definition) is 15. The summed E-state index contributed by atoms with van der Waals surface area (Å²) in [5.74, 6) is -2.42. The zero-order chi connectivity index (χ0) is 40.9. The summed E-state index contributed by atoms with van der Waals surface area (Å²) >= 11 is 9.90. The summed E-state index contributed by atoms with van der Waals surface area (Å²) in [6.45, 7) is 12.7. The molecule has 19 heteroatoms. The predicted molar refractivity (Wildman–Crippen MR) is 194 cm³/mol. The van der Waals surface area contributed by atoms with Crippen LogP contribution in [0.2, 0.25) is 0 Å². The number of carboxylic acids is 1. The highest BCUT2D eigenvalue weighted by Gasteiger charge is 2.04. The smallest absolute Gasteiger partial charge is 0.330 e. The van der Waals surface area contributed by atoms with Crippen molar-refractivity contribution in [3.63, 3.8) is 0 Å². The third kappa shape index (κ3) is 41.9. The van der Waals surface area contributed by atoms with Crippen LogP contribution in [0.4, 0.5) is 11.6 Å². The predicted octanol–water partition coefficient (Wildman–Crippen LogP) is 3.74. The molecule has 0 unspecified atom stereocenters. The van der Waals surface area contributed by atoms with Crippen LogP contribution in [0, 0.1) is 0 Å². The highest BCUT2D eigenvalue weighted by atomic mass is 35.5. The zero-order valence-corrected chi connectivity index (χ0v) is 30.0. The van der Waals surface area contributed by atoms with E-state index in [1.165, 1.54) is 0 Å². The van der Waals surface area contributed by atoms with Crippen LogP contribution in [0.15, 0.2) is 99.4 Å². The number of halogens is 2. The normalized spacial score (nSPS) is 8.72. The highest BCUT2D eigenvalue weighted by molar-refractivity contribution is 6.63. The van der Waals surface area contributed by atoms with E-state index < -0.39 is 40.3 Å². The van der Waals surface area contributed by atoms with E-state index in [1.807, 2.05) is 12.1 Å². The molecular formula is C34H40Cl2N4O13. The molecule has 0 fully saturated rings. The number of pyridine rings is 2. The molecule has 288 valence electrons. The van der Waals surface area contributed by atoms with Gasteiger partial charge in [0.15, 0.2) is 0 Å².